The van der Waals surface area contributed by atoms with Gasteiger partial charge in [-0.15, -0.1) is 11.3 Å². The first-order valence-electron chi connectivity index (χ1n) is 6.46. The summed E-state index contributed by atoms with van der Waals surface area (Å²) in [5.74, 6) is -1.98. The first kappa shape index (κ1) is 15.3. The molecule has 2 rings (SSSR count). The molecule has 0 saturated carbocycles. The number of rotatable bonds is 4. The van der Waals surface area contributed by atoms with Gasteiger partial charge in [-0.1, -0.05) is 0 Å². The van der Waals surface area contributed by atoms with E-state index in [1.807, 2.05) is 20.8 Å². The summed E-state index contributed by atoms with van der Waals surface area (Å²) < 4.78 is 13.4. The maximum Gasteiger partial charge on any atom is 0.340 e. The lowest BCUT2D eigenvalue weighted by atomic mass is 10.1. The summed E-state index contributed by atoms with van der Waals surface area (Å²) in [4.78, 5) is 13.7. The van der Waals surface area contributed by atoms with Crippen molar-refractivity contribution in [2.75, 3.05) is 11.1 Å². The first-order chi connectivity index (χ1) is 9.81. The molecule has 1 aromatic heterocycles. The van der Waals surface area contributed by atoms with Crippen molar-refractivity contribution in [2.45, 2.75) is 26.8 Å². The van der Waals surface area contributed by atoms with Crippen LogP contribution in [0.5, 0.6) is 0 Å². The highest BCUT2D eigenvalue weighted by atomic mass is 32.1. The van der Waals surface area contributed by atoms with Gasteiger partial charge in [0.2, 0.25) is 0 Å². The number of carbonyl (C=O) groups is 1. The minimum absolute atomic E-state index is 0.0992. The van der Waals surface area contributed by atoms with E-state index < -0.39 is 11.8 Å². The van der Waals surface area contributed by atoms with E-state index in [1.54, 1.807) is 11.3 Å². The third kappa shape index (κ3) is 3.00. The minimum atomic E-state index is -1.25. The summed E-state index contributed by atoms with van der Waals surface area (Å²) in [6, 6.07) is 4.53. The third-order valence-electron chi connectivity index (χ3n) is 3.32. The molecule has 21 heavy (non-hydrogen) atoms. The predicted octanol–water partition coefficient (Wildman–Crippen LogP) is 3.96. The van der Waals surface area contributed by atoms with Crippen LogP contribution >= 0.6 is 11.3 Å². The lowest BCUT2D eigenvalue weighted by Gasteiger charge is -2.18. The quantitative estimate of drug-likeness (QED) is 0.747. The number of carboxylic acid groups (broad SMARTS) is 1. The van der Waals surface area contributed by atoms with E-state index in [-0.39, 0.29) is 17.3 Å². The Bertz CT molecular complexity index is 697. The van der Waals surface area contributed by atoms with Crippen molar-refractivity contribution in [3.63, 3.8) is 0 Å². The zero-order valence-electron chi connectivity index (χ0n) is 12.0. The van der Waals surface area contributed by atoms with Gasteiger partial charge in [0.25, 0.3) is 0 Å². The number of hydrogen-bond acceptors (Lipinski definition) is 4. The van der Waals surface area contributed by atoms with E-state index in [1.165, 1.54) is 21.9 Å². The molecule has 4 N–H and O–H groups in total. The van der Waals surface area contributed by atoms with Crippen molar-refractivity contribution >= 4 is 28.7 Å². The highest BCUT2D eigenvalue weighted by Crippen LogP contribution is 2.31. The zero-order chi connectivity index (χ0) is 15.7. The van der Waals surface area contributed by atoms with E-state index in [0.29, 0.717) is 5.69 Å². The number of hydrogen-bond donors (Lipinski definition) is 3. The van der Waals surface area contributed by atoms with E-state index >= 15 is 0 Å². The number of aryl methyl sites for hydroxylation is 2. The Balaban J connectivity index is 2.38. The Kier molecular flexibility index (Phi) is 4.18. The van der Waals surface area contributed by atoms with Crippen LogP contribution in [0.3, 0.4) is 0 Å². The van der Waals surface area contributed by atoms with Gasteiger partial charge in [-0.05, 0) is 44.5 Å². The van der Waals surface area contributed by atoms with Gasteiger partial charge in [-0.25, -0.2) is 9.18 Å². The van der Waals surface area contributed by atoms with Gasteiger partial charge < -0.3 is 16.2 Å². The molecule has 0 saturated heterocycles. The van der Waals surface area contributed by atoms with Crippen LogP contribution < -0.4 is 11.1 Å². The van der Waals surface area contributed by atoms with Crippen molar-refractivity contribution in [3.8, 4) is 0 Å². The Labute approximate surface area is 126 Å². The molecule has 0 amide bonds. The molecule has 1 aromatic carbocycles. The number of nitrogens with one attached hydrogen (secondary N) is 1. The molecular weight excluding hydrogens is 291 g/mol. The van der Waals surface area contributed by atoms with Gasteiger partial charge in [-0.2, -0.15) is 0 Å². The molecule has 0 aliphatic rings. The number of nitrogen functional groups attached to an aromatic ring is 1. The maximum absolute atomic E-state index is 13.4. The average Bonchev–Trinajstić information content (AvgIpc) is 2.72. The first-order valence-corrected chi connectivity index (χ1v) is 7.27. The summed E-state index contributed by atoms with van der Waals surface area (Å²) in [7, 11) is 0. The zero-order valence-corrected chi connectivity index (χ0v) is 12.8. The summed E-state index contributed by atoms with van der Waals surface area (Å²) in [5.41, 5.74) is 6.37. The molecular formula is C15H17FN2O2S. The fourth-order valence-electron chi connectivity index (χ4n) is 2.34. The normalized spacial score (nSPS) is 12.2. The molecule has 0 aliphatic carbocycles. The maximum atomic E-state index is 13.4. The molecule has 4 nitrogen and oxygen atoms in total. The van der Waals surface area contributed by atoms with Gasteiger partial charge >= 0.3 is 5.97 Å². The molecule has 0 spiro atoms. The molecule has 1 unspecified atom stereocenters. The summed E-state index contributed by atoms with van der Waals surface area (Å²) in [5, 5.41) is 12.3. The van der Waals surface area contributed by atoms with E-state index in [0.717, 1.165) is 5.56 Å². The van der Waals surface area contributed by atoms with Crippen LogP contribution in [0.4, 0.5) is 15.8 Å². The van der Waals surface area contributed by atoms with Crippen molar-refractivity contribution in [1.29, 1.82) is 0 Å². The molecule has 6 heteroatoms. The molecule has 0 fully saturated rings. The number of carboxylic acids is 1. The fraction of sp³-hybridized carbons (Fsp3) is 0.267. The monoisotopic (exact) mass is 308 g/mol. The largest absolute Gasteiger partial charge is 0.478 e. The number of thiophene rings is 1. The van der Waals surface area contributed by atoms with E-state index in [4.69, 9.17) is 5.73 Å². The van der Waals surface area contributed by atoms with Crippen LogP contribution in [0.15, 0.2) is 18.2 Å². The second-order valence-corrected chi connectivity index (χ2v) is 6.38. The molecule has 1 atom stereocenters. The van der Waals surface area contributed by atoms with Crippen LogP contribution in [0, 0.1) is 19.7 Å². The summed E-state index contributed by atoms with van der Waals surface area (Å²) in [6.45, 7) is 5.97. The molecule has 0 radical (unpaired) electrons. The van der Waals surface area contributed by atoms with E-state index in [9.17, 15) is 14.3 Å². The van der Waals surface area contributed by atoms with Crippen LogP contribution in [0.1, 0.15) is 38.6 Å². The lowest BCUT2D eigenvalue weighted by Crippen LogP contribution is -2.13. The van der Waals surface area contributed by atoms with Gasteiger partial charge in [0.05, 0.1) is 11.4 Å². The second kappa shape index (κ2) is 5.73. The topological polar surface area (TPSA) is 75.3 Å². The standard InChI is InChI=1S/C15H17FN2O2S/c1-7-6-10(9(3)21-7)8(2)18-12-5-4-11(16)14(17)13(12)15(19)20/h4-6,8,18H,17H2,1-3H3,(H,19,20). The summed E-state index contributed by atoms with van der Waals surface area (Å²) >= 11 is 1.68. The number of nitrogens with two attached hydrogens (primary N) is 1. The van der Waals surface area contributed by atoms with E-state index in [2.05, 4.69) is 11.4 Å². The van der Waals surface area contributed by atoms with Crippen LogP contribution in [-0.2, 0) is 0 Å². The Morgan fingerprint density at radius 2 is 2.10 bits per heavy atom. The molecule has 2 aromatic rings. The Morgan fingerprint density at radius 1 is 1.43 bits per heavy atom. The highest BCUT2D eigenvalue weighted by Gasteiger charge is 2.20. The van der Waals surface area contributed by atoms with Gasteiger partial charge in [-0.3, -0.25) is 0 Å². The third-order valence-corrected chi connectivity index (χ3v) is 4.31. The number of anilines is 2. The van der Waals surface area contributed by atoms with Gasteiger partial charge in [0, 0.05) is 15.8 Å². The van der Waals surface area contributed by atoms with Gasteiger partial charge in [0.15, 0.2) is 0 Å². The minimum Gasteiger partial charge on any atom is -0.478 e. The number of benzene rings is 1. The van der Waals surface area contributed by atoms with Crippen molar-refractivity contribution < 1.29 is 14.3 Å². The Morgan fingerprint density at radius 3 is 2.62 bits per heavy atom. The molecule has 1 heterocycles. The van der Waals surface area contributed by atoms with Crippen LogP contribution in [0.2, 0.25) is 0 Å². The molecule has 112 valence electrons. The summed E-state index contributed by atoms with van der Waals surface area (Å²) in [6.07, 6.45) is 0. The van der Waals surface area contributed by atoms with Crippen molar-refractivity contribution in [2.24, 2.45) is 0 Å². The van der Waals surface area contributed by atoms with Crippen molar-refractivity contribution in [1.82, 2.24) is 0 Å². The predicted molar refractivity (Wildman–Crippen MR) is 83.6 cm³/mol. The molecule has 0 bridgehead atoms. The smallest absolute Gasteiger partial charge is 0.340 e. The number of aromatic carboxylic acids is 1. The fourth-order valence-corrected chi connectivity index (χ4v) is 3.36. The second-order valence-electron chi connectivity index (χ2n) is 4.92. The SMILES string of the molecule is Cc1cc(C(C)Nc2ccc(F)c(N)c2C(=O)O)c(C)s1. The van der Waals surface area contributed by atoms with Crippen LogP contribution in [0.25, 0.3) is 0 Å². The van der Waals surface area contributed by atoms with Gasteiger partial charge in [0.1, 0.15) is 11.4 Å². The average molecular weight is 308 g/mol. The molecule has 0 aliphatic heterocycles. The van der Waals surface area contributed by atoms with Crippen LogP contribution in [-0.4, -0.2) is 11.1 Å². The lowest BCUT2D eigenvalue weighted by molar-refractivity contribution is 0.0698. The highest BCUT2D eigenvalue weighted by molar-refractivity contribution is 7.12. The Hall–Kier alpha value is -2.08. The van der Waals surface area contributed by atoms with Crippen molar-refractivity contribution in [3.05, 3.63) is 44.9 Å². The number of halogens is 1.